The lowest BCUT2D eigenvalue weighted by Crippen LogP contribution is -2.32. The summed E-state index contributed by atoms with van der Waals surface area (Å²) in [6, 6.07) is 9.32. The molecule has 3 N–H and O–H groups in total. The fraction of sp³-hybridized carbons (Fsp3) is 0.429. The van der Waals surface area contributed by atoms with Gasteiger partial charge in [0.15, 0.2) is 0 Å². The van der Waals surface area contributed by atoms with Crippen molar-refractivity contribution in [3.05, 3.63) is 39.0 Å². The molecule has 0 bridgehead atoms. The Morgan fingerprint density at radius 1 is 1.06 bits per heavy atom. The summed E-state index contributed by atoms with van der Waals surface area (Å²) in [6.45, 7) is 1.20. The first-order chi connectivity index (χ1) is 15.4. The van der Waals surface area contributed by atoms with E-state index in [0.717, 1.165) is 60.3 Å². The number of para-hydroxylation sites is 1. The maximum atomic E-state index is 12.5. The maximum Gasteiger partial charge on any atom is 0.242 e. The molecule has 1 aliphatic carbocycles. The molecule has 1 saturated carbocycles. The first kappa shape index (κ1) is 23.5. The number of rotatable bonds is 8. The normalized spacial score (nSPS) is 19.2. The van der Waals surface area contributed by atoms with Crippen LogP contribution >= 0.6 is 34.5 Å². The van der Waals surface area contributed by atoms with E-state index < -0.39 is 10.0 Å². The molecule has 2 heterocycles. The molecule has 32 heavy (non-hydrogen) atoms. The van der Waals surface area contributed by atoms with Gasteiger partial charge < -0.3 is 10.6 Å². The van der Waals surface area contributed by atoms with E-state index in [-0.39, 0.29) is 9.23 Å². The van der Waals surface area contributed by atoms with Crippen molar-refractivity contribution in [1.82, 2.24) is 14.7 Å². The average Bonchev–Trinajstić information content (AvgIpc) is 3.15. The minimum absolute atomic E-state index is 0.0587. The third kappa shape index (κ3) is 5.46. The molecule has 0 aliphatic heterocycles. The topological polar surface area (TPSA) is 96.0 Å². The number of nitrogens with one attached hydrogen (secondary N) is 3. The van der Waals surface area contributed by atoms with Gasteiger partial charge in [0.05, 0.1) is 9.85 Å². The van der Waals surface area contributed by atoms with Crippen LogP contribution in [0.1, 0.15) is 25.7 Å². The van der Waals surface area contributed by atoms with Gasteiger partial charge >= 0.3 is 0 Å². The molecule has 0 spiro atoms. The number of anilines is 2. The van der Waals surface area contributed by atoms with Gasteiger partial charge in [-0.3, -0.25) is 0 Å². The molecule has 2 aromatic heterocycles. The number of nitrogens with zero attached hydrogens (tertiary/aromatic N) is 2. The third-order valence-electron chi connectivity index (χ3n) is 5.83. The van der Waals surface area contributed by atoms with Crippen LogP contribution in [0, 0.1) is 11.8 Å². The second kappa shape index (κ2) is 10.1. The monoisotopic (exact) mass is 513 g/mol. The van der Waals surface area contributed by atoms with E-state index in [2.05, 4.69) is 25.3 Å². The molecule has 11 heteroatoms. The molecule has 0 atom stereocenters. The Balaban J connectivity index is 1.27. The molecule has 0 saturated heterocycles. The lowest BCUT2D eigenvalue weighted by molar-refractivity contribution is 0.284. The van der Waals surface area contributed by atoms with Gasteiger partial charge in [-0.1, -0.05) is 35.3 Å². The van der Waals surface area contributed by atoms with E-state index in [1.165, 1.54) is 6.07 Å². The van der Waals surface area contributed by atoms with Crippen LogP contribution in [0.3, 0.4) is 0 Å². The van der Waals surface area contributed by atoms with Crippen LogP contribution < -0.4 is 15.4 Å². The summed E-state index contributed by atoms with van der Waals surface area (Å²) < 4.78 is 28.2. The smallest absolute Gasteiger partial charge is 0.242 e. The Kier molecular flexibility index (Phi) is 7.41. The van der Waals surface area contributed by atoms with Crippen molar-refractivity contribution in [2.24, 2.45) is 11.8 Å². The fourth-order valence-corrected chi connectivity index (χ4v) is 7.30. The van der Waals surface area contributed by atoms with Gasteiger partial charge in [0.2, 0.25) is 16.0 Å². The van der Waals surface area contributed by atoms with Crippen molar-refractivity contribution in [2.75, 3.05) is 30.8 Å². The van der Waals surface area contributed by atoms with Crippen molar-refractivity contribution >= 4 is 67.2 Å². The molecular formula is C21H25Cl2N5O2S2. The number of hydrogen-bond acceptors (Lipinski definition) is 7. The zero-order valence-electron chi connectivity index (χ0n) is 17.6. The minimum Gasteiger partial charge on any atom is -0.372 e. The second-order valence-electron chi connectivity index (χ2n) is 7.97. The predicted molar refractivity (Wildman–Crippen MR) is 133 cm³/mol. The highest BCUT2D eigenvalue weighted by molar-refractivity contribution is 7.89. The highest BCUT2D eigenvalue weighted by Gasteiger charge is 2.25. The largest absolute Gasteiger partial charge is 0.372 e. The van der Waals surface area contributed by atoms with Crippen LogP contribution in [0.2, 0.25) is 8.67 Å². The van der Waals surface area contributed by atoms with Crippen molar-refractivity contribution in [3.63, 3.8) is 0 Å². The summed E-state index contributed by atoms with van der Waals surface area (Å²) in [6.07, 6.45) is 3.98. The van der Waals surface area contributed by atoms with Gasteiger partial charge in [-0.25, -0.2) is 18.1 Å². The summed E-state index contributed by atoms with van der Waals surface area (Å²) in [7, 11) is -1.79. The maximum absolute atomic E-state index is 12.5. The van der Waals surface area contributed by atoms with Crippen LogP contribution in [-0.4, -0.2) is 38.5 Å². The van der Waals surface area contributed by atoms with E-state index in [4.69, 9.17) is 23.2 Å². The number of halogens is 2. The lowest BCUT2D eigenvalue weighted by Gasteiger charge is -2.28. The standard InChI is InChI=1S/C21H25Cl2N5O2S2/c1-24-20-15-4-2-3-5-16(15)27-21(28-20)25-11-13-6-8-14(9-7-13)12-26-32(29,30)17-10-18(22)31-19(17)23/h2-5,10,13-14,26H,6-9,11-12H2,1H3,(H2,24,25,27,28). The summed E-state index contributed by atoms with van der Waals surface area (Å²) in [5, 5.41) is 7.51. The number of thiophene rings is 1. The zero-order valence-corrected chi connectivity index (χ0v) is 20.7. The van der Waals surface area contributed by atoms with E-state index in [9.17, 15) is 8.42 Å². The molecule has 0 amide bonds. The predicted octanol–water partition coefficient (Wildman–Crippen LogP) is 5.24. The molecule has 172 valence electrons. The Hall–Kier alpha value is -1.65. The van der Waals surface area contributed by atoms with Crippen molar-refractivity contribution < 1.29 is 8.42 Å². The zero-order chi connectivity index (χ0) is 22.7. The molecule has 0 radical (unpaired) electrons. The van der Waals surface area contributed by atoms with Gasteiger partial charge in [0.25, 0.3) is 0 Å². The molecule has 1 aromatic carbocycles. The van der Waals surface area contributed by atoms with E-state index in [1.807, 2.05) is 31.3 Å². The number of aromatic nitrogens is 2. The Morgan fingerprint density at radius 3 is 2.41 bits per heavy atom. The second-order valence-corrected chi connectivity index (χ2v) is 12.0. The summed E-state index contributed by atoms with van der Waals surface area (Å²) in [5.74, 6) is 2.23. The quantitative estimate of drug-likeness (QED) is 0.381. The van der Waals surface area contributed by atoms with Crippen molar-refractivity contribution in [3.8, 4) is 0 Å². The number of sulfonamides is 1. The molecule has 1 aliphatic rings. The van der Waals surface area contributed by atoms with Gasteiger partial charge in [-0.15, -0.1) is 11.3 Å². The molecule has 4 rings (SSSR count). The Morgan fingerprint density at radius 2 is 1.75 bits per heavy atom. The third-order valence-corrected chi connectivity index (χ3v) is 9.01. The van der Waals surface area contributed by atoms with Gasteiger partial charge in [-0.05, 0) is 55.7 Å². The first-order valence-electron chi connectivity index (χ1n) is 10.5. The lowest BCUT2D eigenvalue weighted by atomic mass is 9.82. The van der Waals surface area contributed by atoms with Crippen LogP contribution in [-0.2, 0) is 10.0 Å². The van der Waals surface area contributed by atoms with Crippen LogP contribution in [0.25, 0.3) is 10.9 Å². The number of fused-ring (bicyclic) bond motifs is 1. The number of benzene rings is 1. The van der Waals surface area contributed by atoms with Crippen LogP contribution in [0.5, 0.6) is 0 Å². The molecule has 0 unspecified atom stereocenters. The van der Waals surface area contributed by atoms with Gasteiger partial charge in [-0.2, -0.15) is 4.98 Å². The Labute approximate surface area is 202 Å². The van der Waals surface area contributed by atoms with E-state index >= 15 is 0 Å². The average molecular weight is 515 g/mol. The van der Waals surface area contributed by atoms with Crippen LogP contribution in [0.4, 0.5) is 11.8 Å². The molecular weight excluding hydrogens is 489 g/mol. The minimum atomic E-state index is -3.64. The van der Waals surface area contributed by atoms with Crippen molar-refractivity contribution in [2.45, 2.75) is 30.6 Å². The van der Waals surface area contributed by atoms with Gasteiger partial charge in [0, 0.05) is 25.5 Å². The van der Waals surface area contributed by atoms with Gasteiger partial charge in [0.1, 0.15) is 15.0 Å². The number of hydrogen-bond donors (Lipinski definition) is 3. The fourth-order valence-electron chi connectivity index (χ4n) is 4.04. The van der Waals surface area contributed by atoms with E-state index in [0.29, 0.717) is 28.7 Å². The molecule has 7 nitrogen and oxygen atoms in total. The van der Waals surface area contributed by atoms with E-state index in [1.54, 1.807) is 0 Å². The first-order valence-corrected chi connectivity index (χ1v) is 13.5. The SMILES string of the molecule is CNc1nc(NCC2CCC(CNS(=O)(=O)c3cc(Cl)sc3Cl)CC2)nc2ccccc12. The highest BCUT2D eigenvalue weighted by Crippen LogP contribution is 2.34. The van der Waals surface area contributed by atoms with Crippen molar-refractivity contribution in [1.29, 1.82) is 0 Å². The highest BCUT2D eigenvalue weighted by atomic mass is 35.5. The Bertz CT molecular complexity index is 1190. The summed E-state index contributed by atoms with van der Waals surface area (Å²) >= 11 is 12.9. The summed E-state index contributed by atoms with van der Waals surface area (Å²) in [5.41, 5.74) is 0.900. The summed E-state index contributed by atoms with van der Waals surface area (Å²) in [4.78, 5) is 9.26. The van der Waals surface area contributed by atoms with Crippen LogP contribution in [0.15, 0.2) is 35.2 Å². The molecule has 1 fully saturated rings. The molecule has 3 aromatic rings.